The third-order valence-electron chi connectivity index (χ3n) is 2.44. The fraction of sp³-hybridized carbons (Fsp3) is 0.545. The molecular weight excluding hydrogens is 208 g/mol. The lowest BCUT2D eigenvalue weighted by atomic mass is 10.1. The van der Waals surface area contributed by atoms with Crippen LogP contribution >= 0.6 is 0 Å². The molecule has 1 N–H and O–H groups in total. The van der Waals surface area contributed by atoms with E-state index in [-0.39, 0.29) is 12.1 Å². The highest BCUT2D eigenvalue weighted by molar-refractivity contribution is 5.43. The first kappa shape index (κ1) is 12.6. The van der Waals surface area contributed by atoms with Crippen molar-refractivity contribution in [2.75, 3.05) is 0 Å². The van der Waals surface area contributed by atoms with Gasteiger partial charge in [-0.3, -0.25) is 15.1 Å². The summed E-state index contributed by atoms with van der Waals surface area (Å²) >= 11 is 0. The molecular formula is C11H16N2O3. The lowest BCUT2D eigenvalue weighted by Crippen LogP contribution is -2.13. The molecule has 0 saturated carbocycles. The van der Waals surface area contributed by atoms with Crippen molar-refractivity contribution in [3.8, 4) is 0 Å². The number of aliphatic hydroxyl groups excluding tert-OH is 1. The normalized spacial score (nSPS) is 12.4. The van der Waals surface area contributed by atoms with E-state index < -0.39 is 11.0 Å². The Morgan fingerprint density at radius 3 is 2.88 bits per heavy atom. The Bertz CT molecular complexity index is 379. The van der Waals surface area contributed by atoms with Gasteiger partial charge in [-0.2, -0.15) is 0 Å². The molecule has 0 saturated heterocycles. The standard InChI is InChI=1S/C11H16N2O3/c1-3-4-9(14)7-10-11(13(15)16)8(2)5-6-12-10/h5-6,9,14H,3-4,7H2,1-2H3. The summed E-state index contributed by atoms with van der Waals surface area (Å²) in [4.78, 5) is 14.4. The molecule has 5 heteroatoms. The van der Waals surface area contributed by atoms with Gasteiger partial charge in [-0.05, 0) is 19.4 Å². The molecule has 0 aliphatic carbocycles. The molecule has 1 aromatic heterocycles. The lowest BCUT2D eigenvalue weighted by Gasteiger charge is -2.09. The Morgan fingerprint density at radius 2 is 2.31 bits per heavy atom. The minimum atomic E-state index is -0.557. The van der Waals surface area contributed by atoms with Crippen molar-refractivity contribution in [2.24, 2.45) is 0 Å². The highest BCUT2D eigenvalue weighted by Crippen LogP contribution is 2.22. The van der Waals surface area contributed by atoms with Crippen LogP contribution in [0.5, 0.6) is 0 Å². The first-order chi connectivity index (χ1) is 7.56. The quantitative estimate of drug-likeness (QED) is 0.613. The fourth-order valence-electron chi connectivity index (χ4n) is 1.66. The summed E-state index contributed by atoms with van der Waals surface area (Å²) in [5.74, 6) is 0. The van der Waals surface area contributed by atoms with Gasteiger partial charge in [0, 0.05) is 18.2 Å². The van der Waals surface area contributed by atoms with Gasteiger partial charge in [-0.1, -0.05) is 13.3 Å². The molecule has 1 rings (SSSR count). The van der Waals surface area contributed by atoms with Crippen molar-refractivity contribution < 1.29 is 10.0 Å². The van der Waals surface area contributed by atoms with E-state index in [4.69, 9.17) is 0 Å². The zero-order chi connectivity index (χ0) is 12.1. The maximum Gasteiger partial charge on any atom is 0.293 e. The summed E-state index contributed by atoms with van der Waals surface area (Å²) in [6, 6.07) is 1.60. The maximum atomic E-state index is 10.9. The van der Waals surface area contributed by atoms with Crippen LogP contribution < -0.4 is 0 Å². The second kappa shape index (κ2) is 5.55. The number of hydrogen-bond donors (Lipinski definition) is 1. The first-order valence-corrected chi connectivity index (χ1v) is 5.33. The van der Waals surface area contributed by atoms with E-state index in [1.165, 1.54) is 6.20 Å². The van der Waals surface area contributed by atoms with Crippen molar-refractivity contribution >= 4 is 5.69 Å². The summed E-state index contributed by atoms with van der Waals surface area (Å²) in [6.07, 6.45) is 2.70. The van der Waals surface area contributed by atoms with Crippen LogP contribution in [0.1, 0.15) is 31.0 Å². The monoisotopic (exact) mass is 224 g/mol. The van der Waals surface area contributed by atoms with E-state index in [0.29, 0.717) is 17.7 Å². The van der Waals surface area contributed by atoms with Crippen LogP contribution in [0.4, 0.5) is 5.69 Å². The Kier molecular flexibility index (Phi) is 4.37. The van der Waals surface area contributed by atoms with Gasteiger partial charge < -0.3 is 5.11 Å². The van der Waals surface area contributed by atoms with Gasteiger partial charge in [0.2, 0.25) is 0 Å². The van der Waals surface area contributed by atoms with Gasteiger partial charge >= 0.3 is 0 Å². The lowest BCUT2D eigenvalue weighted by molar-refractivity contribution is -0.386. The number of hydrogen-bond acceptors (Lipinski definition) is 4. The van der Waals surface area contributed by atoms with Gasteiger partial charge in [-0.15, -0.1) is 0 Å². The Labute approximate surface area is 94.3 Å². The van der Waals surface area contributed by atoms with Crippen LogP contribution in [0.2, 0.25) is 0 Å². The second-order valence-electron chi connectivity index (χ2n) is 3.83. The molecule has 16 heavy (non-hydrogen) atoms. The minimum Gasteiger partial charge on any atom is -0.393 e. The molecule has 1 aromatic rings. The smallest absolute Gasteiger partial charge is 0.293 e. The molecule has 0 aliphatic rings. The van der Waals surface area contributed by atoms with E-state index in [0.717, 1.165) is 6.42 Å². The summed E-state index contributed by atoms with van der Waals surface area (Å²) in [5.41, 5.74) is 0.974. The first-order valence-electron chi connectivity index (χ1n) is 5.33. The molecule has 1 unspecified atom stereocenters. The van der Waals surface area contributed by atoms with Gasteiger partial charge in [0.05, 0.1) is 11.0 Å². The number of nitro groups is 1. The molecule has 88 valence electrons. The average Bonchev–Trinajstić information content (AvgIpc) is 2.17. The number of rotatable bonds is 5. The summed E-state index contributed by atoms with van der Waals surface area (Å²) in [5, 5.41) is 20.5. The van der Waals surface area contributed by atoms with Crippen molar-refractivity contribution in [2.45, 2.75) is 39.2 Å². The maximum absolute atomic E-state index is 10.9. The van der Waals surface area contributed by atoms with Crippen LogP contribution in [0, 0.1) is 17.0 Å². The molecule has 1 heterocycles. The van der Waals surface area contributed by atoms with Crippen LogP contribution in [0.25, 0.3) is 0 Å². The summed E-state index contributed by atoms with van der Waals surface area (Å²) < 4.78 is 0. The zero-order valence-corrected chi connectivity index (χ0v) is 9.51. The average molecular weight is 224 g/mol. The van der Waals surface area contributed by atoms with Crippen LogP contribution in [0.3, 0.4) is 0 Å². The third-order valence-corrected chi connectivity index (χ3v) is 2.44. The SMILES string of the molecule is CCCC(O)Cc1nccc(C)c1[N+](=O)[O-]. The molecule has 0 radical (unpaired) electrons. The van der Waals surface area contributed by atoms with Crippen LogP contribution in [-0.4, -0.2) is 21.1 Å². The predicted octanol–water partition coefficient (Wildman–Crippen LogP) is 2.00. The third kappa shape index (κ3) is 3.00. The Morgan fingerprint density at radius 1 is 1.62 bits per heavy atom. The number of aliphatic hydroxyl groups is 1. The molecule has 1 atom stereocenters. The largest absolute Gasteiger partial charge is 0.393 e. The van der Waals surface area contributed by atoms with Crippen LogP contribution in [-0.2, 0) is 6.42 Å². The van der Waals surface area contributed by atoms with Crippen molar-refractivity contribution in [1.82, 2.24) is 4.98 Å². The fourth-order valence-corrected chi connectivity index (χ4v) is 1.66. The molecule has 5 nitrogen and oxygen atoms in total. The minimum absolute atomic E-state index is 0.0256. The number of aromatic nitrogens is 1. The molecule has 0 bridgehead atoms. The van der Waals surface area contributed by atoms with Crippen molar-refractivity contribution in [3.63, 3.8) is 0 Å². The molecule has 0 spiro atoms. The van der Waals surface area contributed by atoms with E-state index in [9.17, 15) is 15.2 Å². The Balaban J connectivity index is 2.95. The summed E-state index contributed by atoms with van der Waals surface area (Å²) in [6.45, 7) is 3.64. The van der Waals surface area contributed by atoms with Crippen molar-refractivity contribution in [3.05, 3.63) is 33.6 Å². The number of aryl methyl sites for hydroxylation is 1. The second-order valence-corrected chi connectivity index (χ2v) is 3.83. The topological polar surface area (TPSA) is 76.3 Å². The molecule has 0 fully saturated rings. The zero-order valence-electron chi connectivity index (χ0n) is 9.51. The van der Waals surface area contributed by atoms with Gasteiger partial charge in [0.15, 0.2) is 0 Å². The van der Waals surface area contributed by atoms with Gasteiger partial charge in [0.25, 0.3) is 5.69 Å². The Hall–Kier alpha value is -1.49. The van der Waals surface area contributed by atoms with E-state index in [2.05, 4.69) is 4.98 Å². The molecule has 0 aliphatic heterocycles. The van der Waals surface area contributed by atoms with Crippen molar-refractivity contribution in [1.29, 1.82) is 0 Å². The number of nitrogens with zero attached hydrogens (tertiary/aromatic N) is 2. The molecule has 0 amide bonds. The number of pyridine rings is 1. The summed E-state index contributed by atoms with van der Waals surface area (Å²) in [7, 11) is 0. The van der Waals surface area contributed by atoms with Gasteiger partial charge in [0.1, 0.15) is 5.69 Å². The van der Waals surface area contributed by atoms with E-state index in [1.807, 2.05) is 6.92 Å². The van der Waals surface area contributed by atoms with E-state index >= 15 is 0 Å². The highest BCUT2D eigenvalue weighted by Gasteiger charge is 2.20. The molecule has 0 aromatic carbocycles. The van der Waals surface area contributed by atoms with Crippen LogP contribution in [0.15, 0.2) is 12.3 Å². The highest BCUT2D eigenvalue weighted by atomic mass is 16.6. The predicted molar refractivity (Wildman–Crippen MR) is 60.2 cm³/mol. The van der Waals surface area contributed by atoms with Gasteiger partial charge in [-0.25, -0.2) is 0 Å². The van der Waals surface area contributed by atoms with E-state index in [1.54, 1.807) is 13.0 Å².